The third-order valence-corrected chi connectivity index (χ3v) is 6.31. The quantitative estimate of drug-likeness (QED) is 0.659. The molecule has 4 rings (SSSR count). The van der Waals surface area contributed by atoms with Gasteiger partial charge in [0, 0.05) is 24.4 Å². The molecule has 1 aliphatic carbocycles. The molecule has 1 aliphatic heterocycles. The highest BCUT2D eigenvalue weighted by atomic mass is 16.5. The van der Waals surface area contributed by atoms with Crippen LogP contribution in [0.4, 0.5) is 0 Å². The number of likely N-dealkylation sites (tertiary alicyclic amines) is 1. The maximum atomic E-state index is 12.7. The van der Waals surface area contributed by atoms with Gasteiger partial charge in [0.1, 0.15) is 6.61 Å². The van der Waals surface area contributed by atoms with Crippen LogP contribution in [0, 0.1) is 12.8 Å². The summed E-state index contributed by atoms with van der Waals surface area (Å²) in [6, 6.07) is 7.77. The number of pyridine rings is 1. The summed E-state index contributed by atoms with van der Waals surface area (Å²) in [6.45, 7) is 4.11. The van der Waals surface area contributed by atoms with E-state index in [4.69, 9.17) is 9.47 Å². The first kappa shape index (κ1) is 21.3. The lowest BCUT2D eigenvalue weighted by Gasteiger charge is -2.23. The molecule has 2 heterocycles. The SMILES string of the molecule is CCOC(=O)c1c(COC(=O)[C@@H]2CC(=O)N(C3CCCC3)C2)nc2ccccc2c1C. The van der Waals surface area contributed by atoms with Crippen LogP contribution in [0.1, 0.15) is 60.6 Å². The Kier molecular flexibility index (Phi) is 6.20. The molecule has 1 aromatic carbocycles. The lowest BCUT2D eigenvalue weighted by molar-refractivity contribution is -0.149. The van der Waals surface area contributed by atoms with E-state index >= 15 is 0 Å². The van der Waals surface area contributed by atoms with Crippen molar-refractivity contribution in [2.75, 3.05) is 13.2 Å². The maximum Gasteiger partial charge on any atom is 0.340 e. The number of hydrogen-bond acceptors (Lipinski definition) is 6. The first-order valence-electron chi connectivity index (χ1n) is 11.0. The van der Waals surface area contributed by atoms with Crippen molar-refractivity contribution in [1.29, 1.82) is 0 Å². The van der Waals surface area contributed by atoms with Gasteiger partial charge in [0.05, 0.1) is 29.3 Å². The first-order valence-corrected chi connectivity index (χ1v) is 11.0. The number of ether oxygens (including phenoxy) is 2. The van der Waals surface area contributed by atoms with Gasteiger partial charge in [-0.05, 0) is 38.3 Å². The number of esters is 2. The number of aromatic nitrogens is 1. The van der Waals surface area contributed by atoms with Crippen LogP contribution in [-0.4, -0.2) is 46.9 Å². The highest BCUT2D eigenvalue weighted by Crippen LogP contribution is 2.30. The Morgan fingerprint density at radius 1 is 1.16 bits per heavy atom. The molecule has 0 bridgehead atoms. The van der Waals surface area contributed by atoms with E-state index in [0.29, 0.717) is 17.8 Å². The minimum Gasteiger partial charge on any atom is -0.462 e. The van der Waals surface area contributed by atoms with Crippen molar-refractivity contribution < 1.29 is 23.9 Å². The zero-order chi connectivity index (χ0) is 22.0. The normalized spacial score (nSPS) is 19.2. The summed E-state index contributed by atoms with van der Waals surface area (Å²) in [5, 5.41) is 0.856. The molecule has 1 atom stereocenters. The van der Waals surface area contributed by atoms with Crippen LogP contribution in [0.3, 0.4) is 0 Å². The van der Waals surface area contributed by atoms with E-state index in [1.54, 1.807) is 6.92 Å². The van der Waals surface area contributed by atoms with Gasteiger partial charge >= 0.3 is 11.9 Å². The lowest BCUT2D eigenvalue weighted by Crippen LogP contribution is -2.35. The second-order valence-electron chi connectivity index (χ2n) is 8.29. The van der Waals surface area contributed by atoms with Crippen LogP contribution in [0.25, 0.3) is 10.9 Å². The number of rotatable bonds is 6. The summed E-state index contributed by atoms with van der Waals surface area (Å²) in [4.78, 5) is 44.2. The van der Waals surface area contributed by atoms with E-state index in [1.807, 2.05) is 36.1 Å². The van der Waals surface area contributed by atoms with Crippen LogP contribution in [0.5, 0.6) is 0 Å². The molecule has 2 fully saturated rings. The average Bonchev–Trinajstić information content (AvgIpc) is 3.42. The first-order chi connectivity index (χ1) is 15.0. The van der Waals surface area contributed by atoms with E-state index in [0.717, 1.165) is 42.1 Å². The van der Waals surface area contributed by atoms with Crippen LogP contribution < -0.4 is 0 Å². The van der Waals surface area contributed by atoms with Crippen molar-refractivity contribution in [2.24, 2.45) is 5.92 Å². The smallest absolute Gasteiger partial charge is 0.340 e. The average molecular weight is 424 g/mol. The van der Waals surface area contributed by atoms with Crippen molar-refractivity contribution in [3.63, 3.8) is 0 Å². The number of amides is 1. The minimum absolute atomic E-state index is 0.0285. The second kappa shape index (κ2) is 9.04. The number of para-hydroxylation sites is 1. The summed E-state index contributed by atoms with van der Waals surface area (Å²) >= 11 is 0. The van der Waals surface area contributed by atoms with Gasteiger partial charge in [-0.15, -0.1) is 0 Å². The van der Waals surface area contributed by atoms with Crippen LogP contribution >= 0.6 is 0 Å². The summed E-state index contributed by atoms with van der Waals surface area (Å²) in [6.07, 6.45) is 4.47. The Bertz CT molecular complexity index is 1010. The molecular weight excluding hydrogens is 396 g/mol. The summed E-state index contributed by atoms with van der Waals surface area (Å²) in [7, 11) is 0. The Hall–Kier alpha value is -2.96. The van der Waals surface area contributed by atoms with Gasteiger partial charge in [-0.25, -0.2) is 9.78 Å². The fourth-order valence-corrected chi connectivity index (χ4v) is 4.73. The van der Waals surface area contributed by atoms with E-state index < -0.39 is 17.9 Å². The minimum atomic E-state index is -0.479. The highest BCUT2D eigenvalue weighted by Gasteiger charge is 2.39. The monoisotopic (exact) mass is 424 g/mol. The maximum absolute atomic E-state index is 12.7. The molecule has 1 amide bonds. The van der Waals surface area contributed by atoms with Crippen LogP contribution in [0.2, 0.25) is 0 Å². The standard InChI is InChI=1S/C24H28N2O5/c1-3-30-24(29)22-15(2)18-10-6-7-11-19(18)25-20(22)14-31-23(28)16-12-21(27)26(13-16)17-8-4-5-9-17/h6-7,10-11,16-17H,3-5,8-9,12-14H2,1-2H3/t16-/m1/s1. The molecule has 0 unspecified atom stereocenters. The highest BCUT2D eigenvalue weighted by molar-refractivity contribution is 5.98. The third-order valence-electron chi connectivity index (χ3n) is 6.31. The zero-order valence-corrected chi connectivity index (χ0v) is 18.1. The second-order valence-corrected chi connectivity index (χ2v) is 8.29. The van der Waals surface area contributed by atoms with Crippen LogP contribution in [-0.2, 0) is 25.7 Å². The van der Waals surface area contributed by atoms with Gasteiger partial charge in [0.15, 0.2) is 0 Å². The number of aryl methyl sites for hydroxylation is 1. The largest absolute Gasteiger partial charge is 0.462 e. The molecule has 1 saturated heterocycles. The van der Waals surface area contributed by atoms with E-state index in [2.05, 4.69) is 4.98 Å². The Morgan fingerprint density at radius 3 is 2.65 bits per heavy atom. The van der Waals surface area contributed by atoms with Gasteiger partial charge in [0.25, 0.3) is 0 Å². The Labute approximate surface area is 181 Å². The Morgan fingerprint density at radius 2 is 1.90 bits per heavy atom. The summed E-state index contributed by atoms with van der Waals surface area (Å²) < 4.78 is 10.8. The van der Waals surface area contributed by atoms with Crippen LogP contribution in [0.15, 0.2) is 24.3 Å². The molecule has 7 nitrogen and oxygen atoms in total. The van der Waals surface area contributed by atoms with Gasteiger partial charge in [-0.2, -0.15) is 0 Å². The molecule has 7 heteroatoms. The molecule has 0 spiro atoms. The van der Waals surface area contributed by atoms with E-state index in [9.17, 15) is 14.4 Å². The van der Waals surface area contributed by atoms with Crippen molar-refractivity contribution in [3.05, 3.63) is 41.1 Å². The molecule has 0 radical (unpaired) electrons. The van der Waals surface area contributed by atoms with Crippen molar-refractivity contribution in [1.82, 2.24) is 9.88 Å². The summed E-state index contributed by atoms with van der Waals surface area (Å²) in [5.41, 5.74) is 2.18. The molecule has 31 heavy (non-hydrogen) atoms. The van der Waals surface area contributed by atoms with Crippen molar-refractivity contribution in [3.8, 4) is 0 Å². The number of nitrogens with zero attached hydrogens (tertiary/aromatic N) is 2. The molecular formula is C24H28N2O5. The predicted octanol–water partition coefficient (Wildman–Crippen LogP) is 3.55. The number of hydrogen-bond donors (Lipinski definition) is 0. The van der Waals surface area contributed by atoms with Crippen molar-refractivity contribution in [2.45, 2.75) is 58.6 Å². The molecule has 1 saturated carbocycles. The number of benzene rings is 1. The number of fused-ring (bicyclic) bond motifs is 1. The van der Waals surface area contributed by atoms with Gasteiger partial charge < -0.3 is 14.4 Å². The van der Waals surface area contributed by atoms with E-state index in [-0.39, 0.29) is 31.6 Å². The topological polar surface area (TPSA) is 85.8 Å². The summed E-state index contributed by atoms with van der Waals surface area (Å²) in [5.74, 6) is -1.34. The van der Waals surface area contributed by atoms with Crippen molar-refractivity contribution >= 4 is 28.7 Å². The third kappa shape index (κ3) is 4.27. The molecule has 164 valence electrons. The predicted molar refractivity (Wildman–Crippen MR) is 114 cm³/mol. The van der Waals surface area contributed by atoms with Gasteiger partial charge in [-0.3, -0.25) is 9.59 Å². The van der Waals surface area contributed by atoms with Gasteiger partial charge in [-0.1, -0.05) is 31.0 Å². The number of carbonyl (C=O) groups is 3. The van der Waals surface area contributed by atoms with Gasteiger partial charge in [0.2, 0.25) is 5.91 Å². The Balaban J connectivity index is 1.51. The zero-order valence-electron chi connectivity index (χ0n) is 18.1. The molecule has 2 aromatic rings. The fraction of sp³-hybridized carbons (Fsp3) is 0.500. The van der Waals surface area contributed by atoms with E-state index in [1.165, 1.54) is 0 Å². The fourth-order valence-electron chi connectivity index (χ4n) is 4.73. The molecule has 2 aliphatic rings. The number of carbonyl (C=O) groups excluding carboxylic acids is 3. The lowest BCUT2D eigenvalue weighted by atomic mass is 10.0. The molecule has 1 aromatic heterocycles. The molecule has 0 N–H and O–H groups in total.